The second kappa shape index (κ2) is 9.56. The quantitative estimate of drug-likeness (QED) is 0.466. The molecule has 0 aliphatic carbocycles. The monoisotopic (exact) mass is 454 g/mol. The summed E-state index contributed by atoms with van der Waals surface area (Å²) in [6.07, 6.45) is 0. The molecule has 9 nitrogen and oxygen atoms in total. The maximum atomic E-state index is 5.61. The Morgan fingerprint density at radius 1 is 0.576 bits per heavy atom. The van der Waals surface area contributed by atoms with Crippen LogP contribution in [0.2, 0.25) is 0 Å². The van der Waals surface area contributed by atoms with Gasteiger partial charge in [-0.1, -0.05) is 0 Å². The van der Waals surface area contributed by atoms with E-state index in [-0.39, 0.29) is 6.79 Å². The van der Waals surface area contributed by atoms with Crippen molar-refractivity contribution >= 4 is 22.7 Å². The predicted octanol–water partition coefficient (Wildman–Crippen LogP) is 4.95. The second-order valence-corrected chi connectivity index (χ2v) is 6.95. The highest BCUT2D eigenvalue weighted by atomic mass is 16.7. The van der Waals surface area contributed by atoms with E-state index in [2.05, 4.69) is 10.6 Å². The second-order valence-electron chi connectivity index (χ2n) is 6.95. The van der Waals surface area contributed by atoms with E-state index in [0.29, 0.717) is 45.9 Å². The van der Waals surface area contributed by atoms with Gasteiger partial charge in [-0.2, -0.15) is 0 Å². The molecule has 0 bridgehead atoms. The largest absolute Gasteiger partial charge is 0.493 e. The molecule has 4 rings (SSSR count). The maximum absolute atomic E-state index is 5.61. The van der Waals surface area contributed by atoms with Gasteiger partial charge in [0, 0.05) is 23.9 Å². The number of methoxy groups -OCH3 is 5. The van der Waals surface area contributed by atoms with E-state index in [4.69, 9.17) is 33.2 Å². The number of hydrogen-bond donors (Lipinski definition) is 2. The first-order valence-corrected chi connectivity index (χ1v) is 10.1. The molecule has 0 aromatic heterocycles. The van der Waals surface area contributed by atoms with Crippen LogP contribution < -0.4 is 43.8 Å². The van der Waals surface area contributed by atoms with Crippen molar-refractivity contribution in [1.29, 1.82) is 0 Å². The average molecular weight is 454 g/mol. The molecule has 33 heavy (non-hydrogen) atoms. The van der Waals surface area contributed by atoms with E-state index in [1.807, 2.05) is 36.4 Å². The summed E-state index contributed by atoms with van der Waals surface area (Å²) in [6.45, 7) is 0.161. The number of benzene rings is 3. The molecule has 9 heteroatoms. The fraction of sp³-hybridized carbons (Fsp3) is 0.250. The van der Waals surface area contributed by atoms with Gasteiger partial charge >= 0.3 is 0 Å². The van der Waals surface area contributed by atoms with Crippen LogP contribution in [0.15, 0.2) is 42.5 Å². The Hall–Kier alpha value is -4.14. The van der Waals surface area contributed by atoms with E-state index in [9.17, 15) is 0 Å². The number of hydrogen-bond acceptors (Lipinski definition) is 9. The van der Waals surface area contributed by atoms with Crippen LogP contribution >= 0.6 is 0 Å². The third kappa shape index (κ3) is 4.30. The van der Waals surface area contributed by atoms with Gasteiger partial charge in [-0.15, -0.1) is 0 Å². The molecule has 174 valence electrons. The number of rotatable bonds is 9. The summed E-state index contributed by atoms with van der Waals surface area (Å²) in [5, 5.41) is 6.81. The molecule has 1 aliphatic heterocycles. The van der Waals surface area contributed by atoms with Crippen LogP contribution in [0.1, 0.15) is 0 Å². The van der Waals surface area contributed by atoms with E-state index >= 15 is 0 Å². The lowest BCUT2D eigenvalue weighted by Crippen LogP contribution is -2.02. The zero-order chi connectivity index (χ0) is 23.4. The average Bonchev–Trinajstić information content (AvgIpc) is 3.30. The summed E-state index contributed by atoms with van der Waals surface area (Å²) in [7, 11) is 7.91. The molecule has 0 radical (unpaired) electrons. The Balaban J connectivity index is 1.74. The summed E-state index contributed by atoms with van der Waals surface area (Å²) in [6, 6.07) is 13.0. The van der Waals surface area contributed by atoms with Crippen molar-refractivity contribution in [3.63, 3.8) is 0 Å². The van der Waals surface area contributed by atoms with Crippen molar-refractivity contribution in [2.24, 2.45) is 0 Å². The summed E-state index contributed by atoms with van der Waals surface area (Å²) in [5.41, 5.74) is 2.97. The van der Waals surface area contributed by atoms with Crippen LogP contribution in [0.4, 0.5) is 22.7 Å². The van der Waals surface area contributed by atoms with Gasteiger partial charge in [0.05, 0.1) is 52.6 Å². The smallest absolute Gasteiger partial charge is 0.231 e. The highest BCUT2D eigenvalue weighted by Gasteiger charge is 2.21. The fourth-order valence-corrected chi connectivity index (χ4v) is 3.56. The summed E-state index contributed by atoms with van der Waals surface area (Å²) >= 11 is 0. The van der Waals surface area contributed by atoms with Crippen molar-refractivity contribution in [1.82, 2.24) is 0 Å². The van der Waals surface area contributed by atoms with E-state index < -0.39 is 0 Å². The molecule has 3 aromatic rings. The fourth-order valence-electron chi connectivity index (χ4n) is 3.56. The molecule has 1 aliphatic rings. The first kappa shape index (κ1) is 22.1. The van der Waals surface area contributed by atoms with Gasteiger partial charge in [-0.25, -0.2) is 0 Å². The first-order chi connectivity index (χ1) is 16.1. The normalized spacial score (nSPS) is 11.5. The molecule has 0 saturated heterocycles. The topological polar surface area (TPSA) is 88.7 Å². The van der Waals surface area contributed by atoms with Gasteiger partial charge in [0.1, 0.15) is 0 Å². The van der Waals surface area contributed by atoms with Crippen LogP contribution in [-0.4, -0.2) is 42.3 Å². The highest BCUT2D eigenvalue weighted by molar-refractivity contribution is 5.84. The van der Waals surface area contributed by atoms with E-state index in [1.165, 1.54) is 0 Å². The third-order valence-corrected chi connectivity index (χ3v) is 5.15. The number of ether oxygens (including phenoxy) is 7. The van der Waals surface area contributed by atoms with Gasteiger partial charge in [0.25, 0.3) is 0 Å². The Morgan fingerprint density at radius 2 is 1.18 bits per heavy atom. The molecule has 3 aromatic carbocycles. The molecule has 0 atom stereocenters. The lowest BCUT2D eigenvalue weighted by atomic mass is 10.2. The SMILES string of the molecule is COc1ccc(Nc2cc3c(cc2Nc2ccc(OC)c(OC)c2OC)OCO3)cc1OC. The minimum atomic E-state index is 0.161. The summed E-state index contributed by atoms with van der Waals surface area (Å²) in [4.78, 5) is 0. The Kier molecular flexibility index (Phi) is 6.39. The van der Waals surface area contributed by atoms with Gasteiger partial charge < -0.3 is 43.8 Å². The molecule has 0 saturated carbocycles. The van der Waals surface area contributed by atoms with Crippen molar-refractivity contribution in [2.45, 2.75) is 0 Å². The molecule has 0 spiro atoms. The minimum absolute atomic E-state index is 0.161. The minimum Gasteiger partial charge on any atom is -0.493 e. The predicted molar refractivity (Wildman–Crippen MR) is 125 cm³/mol. The van der Waals surface area contributed by atoms with Crippen LogP contribution in [0.3, 0.4) is 0 Å². The van der Waals surface area contributed by atoms with Crippen molar-refractivity contribution in [2.75, 3.05) is 53.0 Å². The summed E-state index contributed by atoms with van der Waals surface area (Å²) in [5.74, 6) is 4.08. The van der Waals surface area contributed by atoms with Crippen LogP contribution in [0.5, 0.6) is 40.2 Å². The molecular formula is C24H26N2O7. The van der Waals surface area contributed by atoms with Crippen LogP contribution in [-0.2, 0) is 0 Å². The lowest BCUT2D eigenvalue weighted by Gasteiger charge is -2.19. The van der Waals surface area contributed by atoms with E-state index in [0.717, 1.165) is 17.1 Å². The number of nitrogens with one attached hydrogen (secondary N) is 2. The summed E-state index contributed by atoms with van der Waals surface area (Å²) < 4.78 is 38.4. The van der Waals surface area contributed by atoms with Crippen LogP contribution in [0, 0.1) is 0 Å². The first-order valence-electron chi connectivity index (χ1n) is 10.1. The molecular weight excluding hydrogens is 428 g/mol. The molecule has 1 heterocycles. The van der Waals surface area contributed by atoms with Crippen molar-refractivity contribution < 1.29 is 33.2 Å². The number of anilines is 4. The van der Waals surface area contributed by atoms with Crippen molar-refractivity contribution in [3.8, 4) is 40.2 Å². The van der Waals surface area contributed by atoms with Gasteiger partial charge in [-0.05, 0) is 24.3 Å². The molecule has 0 amide bonds. The third-order valence-electron chi connectivity index (χ3n) is 5.15. The Labute approximate surface area is 192 Å². The maximum Gasteiger partial charge on any atom is 0.231 e. The molecule has 0 fully saturated rings. The molecule has 2 N–H and O–H groups in total. The Bertz CT molecular complexity index is 1150. The standard InChI is InChI=1S/C24H26N2O7/c1-27-18-8-6-14(10-20(18)29-3)25-16-11-21-22(33-13-32-21)12-17(16)26-15-7-9-19(28-2)24(31-5)23(15)30-4/h6-12,25-26H,13H2,1-5H3. The lowest BCUT2D eigenvalue weighted by molar-refractivity contribution is 0.174. The van der Waals surface area contributed by atoms with Gasteiger partial charge in [0.15, 0.2) is 34.5 Å². The van der Waals surface area contributed by atoms with Crippen LogP contribution in [0.25, 0.3) is 0 Å². The Morgan fingerprint density at radius 3 is 1.79 bits per heavy atom. The van der Waals surface area contributed by atoms with E-state index in [1.54, 1.807) is 41.6 Å². The van der Waals surface area contributed by atoms with Crippen molar-refractivity contribution in [3.05, 3.63) is 42.5 Å². The zero-order valence-electron chi connectivity index (χ0n) is 19.1. The molecule has 0 unspecified atom stereocenters. The van der Waals surface area contributed by atoms with Gasteiger partial charge in [0.2, 0.25) is 12.5 Å². The van der Waals surface area contributed by atoms with Gasteiger partial charge in [-0.3, -0.25) is 0 Å². The zero-order valence-corrected chi connectivity index (χ0v) is 19.1. The number of fused-ring (bicyclic) bond motifs is 1. The highest BCUT2D eigenvalue weighted by Crippen LogP contribution is 2.47.